The maximum absolute atomic E-state index is 12.3. The Balaban J connectivity index is 1.59. The van der Waals surface area contributed by atoms with Gasteiger partial charge in [-0.25, -0.2) is 4.79 Å². The lowest BCUT2D eigenvalue weighted by atomic mass is 10.2. The van der Waals surface area contributed by atoms with Crippen LogP contribution < -0.4 is 25.0 Å². The average molecular weight is 355 g/mol. The molecule has 0 unspecified atom stereocenters. The van der Waals surface area contributed by atoms with Crippen molar-refractivity contribution in [1.82, 2.24) is 5.32 Å². The van der Waals surface area contributed by atoms with Gasteiger partial charge >= 0.3 is 6.03 Å². The summed E-state index contributed by atoms with van der Waals surface area (Å²) in [6.45, 7) is 1.61. The average Bonchev–Trinajstić information content (AvgIpc) is 3.15. The summed E-state index contributed by atoms with van der Waals surface area (Å²) >= 11 is 0. The fourth-order valence-corrected chi connectivity index (χ4v) is 3.37. The van der Waals surface area contributed by atoms with E-state index in [1.807, 2.05) is 24.3 Å². The monoisotopic (exact) mass is 355 g/mol. The van der Waals surface area contributed by atoms with Crippen LogP contribution in [0.15, 0.2) is 48.5 Å². The Kier molecular flexibility index (Phi) is 5.84. The molecule has 1 saturated heterocycles. The van der Waals surface area contributed by atoms with Crippen LogP contribution in [0.5, 0.6) is 11.5 Å². The number of nitrogens with one attached hydrogen (secondary N) is 2. The molecule has 0 radical (unpaired) electrons. The Labute approximate surface area is 154 Å². The molecular weight excluding hydrogens is 330 g/mol. The van der Waals surface area contributed by atoms with Crippen molar-refractivity contribution in [3.8, 4) is 11.5 Å². The third kappa shape index (κ3) is 4.02. The second-order valence-corrected chi connectivity index (χ2v) is 6.20. The summed E-state index contributed by atoms with van der Waals surface area (Å²) < 4.78 is 10.6. The van der Waals surface area contributed by atoms with Crippen molar-refractivity contribution >= 4 is 17.4 Å². The molecule has 2 aromatic carbocycles. The van der Waals surface area contributed by atoms with Crippen LogP contribution >= 0.6 is 0 Å². The standard InChI is InChI=1S/C20H25N3O3/c1-25-18-12-6-11-17(19(18)26-2)22-20(24)21-14-16-10-7-13-23(16)15-8-4-3-5-9-15/h3-6,8-9,11-12,16H,7,10,13-14H2,1-2H3,(H2,21,22,24)/t16-/m1/s1. The van der Waals surface area contributed by atoms with E-state index in [4.69, 9.17) is 9.47 Å². The van der Waals surface area contributed by atoms with Crippen molar-refractivity contribution in [3.05, 3.63) is 48.5 Å². The van der Waals surface area contributed by atoms with Crippen LogP contribution in [0.25, 0.3) is 0 Å². The second kappa shape index (κ2) is 8.47. The molecule has 0 aromatic heterocycles. The molecule has 6 heteroatoms. The van der Waals surface area contributed by atoms with Gasteiger partial charge in [-0.05, 0) is 37.1 Å². The number of carbonyl (C=O) groups is 1. The highest BCUT2D eigenvalue weighted by molar-refractivity contribution is 5.91. The van der Waals surface area contributed by atoms with Gasteiger partial charge in [-0.3, -0.25) is 0 Å². The summed E-state index contributed by atoms with van der Waals surface area (Å²) in [5.41, 5.74) is 1.78. The van der Waals surface area contributed by atoms with Crippen LogP contribution in [0, 0.1) is 0 Å². The molecule has 1 atom stereocenters. The molecule has 1 aliphatic heterocycles. The highest BCUT2D eigenvalue weighted by Gasteiger charge is 2.25. The van der Waals surface area contributed by atoms with E-state index in [2.05, 4.69) is 27.7 Å². The van der Waals surface area contributed by atoms with Crippen LogP contribution in [0.3, 0.4) is 0 Å². The van der Waals surface area contributed by atoms with Gasteiger partial charge in [0.1, 0.15) is 0 Å². The number of anilines is 2. The third-order valence-electron chi connectivity index (χ3n) is 4.61. The van der Waals surface area contributed by atoms with Crippen molar-refractivity contribution in [2.75, 3.05) is 37.5 Å². The Morgan fingerprint density at radius 3 is 2.65 bits per heavy atom. The van der Waals surface area contributed by atoms with Gasteiger partial charge in [0.2, 0.25) is 0 Å². The predicted octanol–water partition coefficient (Wildman–Crippen LogP) is 3.49. The molecular formula is C20H25N3O3. The van der Waals surface area contributed by atoms with E-state index in [0.717, 1.165) is 19.4 Å². The van der Waals surface area contributed by atoms with Gasteiger partial charge in [-0.15, -0.1) is 0 Å². The van der Waals surface area contributed by atoms with Gasteiger partial charge in [-0.2, -0.15) is 0 Å². The van der Waals surface area contributed by atoms with Crippen LogP contribution in [-0.4, -0.2) is 39.4 Å². The number of methoxy groups -OCH3 is 2. The summed E-state index contributed by atoms with van der Waals surface area (Å²) in [4.78, 5) is 14.7. The molecule has 3 rings (SSSR count). The largest absolute Gasteiger partial charge is 0.493 e. The van der Waals surface area contributed by atoms with Crippen molar-refractivity contribution in [3.63, 3.8) is 0 Å². The van der Waals surface area contributed by atoms with E-state index >= 15 is 0 Å². The first-order valence-electron chi connectivity index (χ1n) is 8.80. The van der Waals surface area contributed by atoms with Gasteiger partial charge < -0.3 is 25.0 Å². The summed E-state index contributed by atoms with van der Waals surface area (Å²) in [5, 5.41) is 5.81. The van der Waals surface area contributed by atoms with E-state index in [-0.39, 0.29) is 6.03 Å². The molecule has 138 valence electrons. The van der Waals surface area contributed by atoms with E-state index < -0.39 is 0 Å². The molecule has 0 aliphatic carbocycles. The highest BCUT2D eigenvalue weighted by atomic mass is 16.5. The molecule has 2 amide bonds. The van der Waals surface area contributed by atoms with Crippen molar-refractivity contribution in [2.24, 2.45) is 0 Å². The summed E-state index contributed by atoms with van der Waals surface area (Å²) in [6, 6.07) is 15.8. The first kappa shape index (κ1) is 17.9. The van der Waals surface area contributed by atoms with Crippen molar-refractivity contribution in [2.45, 2.75) is 18.9 Å². The number of para-hydroxylation sites is 2. The minimum absolute atomic E-state index is 0.253. The van der Waals surface area contributed by atoms with Gasteiger partial charge in [0.15, 0.2) is 11.5 Å². The molecule has 0 bridgehead atoms. The predicted molar refractivity (Wildman–Crippen MR) is 103 cm³/mol. The van der Waals surface area contributed by atoms with Crippen LogP contribution in [0.4, 0.5) is 16.2 Å². The molecule has 2 aromatic rings. The lowest BCUT2D eigenvalue weighted by Gasteiger charge is -2.27. The maximum Gasteiger partial charge on any atom is 0.319 e. The molecule has 0 saturated carbocycles. The summed E-state index contributed by atoms with van der Waals surface area (Å²) in [6.07, 6.45) is 2.20. The van der Waals surface area contributed by atoms with Gasteiger partial charge in [0.05, 0.1) is 19.9 Å². The zero-order chi connectivity index (χ0) is 18.4. The number of ether oxygens (including phenoxy) is 2. The van der Waals surface area contributed by atoms with E-state index in [1.165, 1.54) is 5.69 Å². The van der Waals surface area contributed by atoms with Crippen molar-refractivity contribution < 1.29 is 14.3 Å². The zero-order valence-corrected chi connectivity index (χ0v) is 15.2. The molecule has 1 heterocycles. The fourth-order valence-electron chi connectivity index (χ4n) is 3.37. The van der Waals surface area contributed by atoms with Crippen LogP contribution in [0.1, 0.15) is 12.8 Å². The highest BCUT2D eigenvalue weighted by Crippen LogP contribution is 2.34. The lowest BCUT2D eigenvalue weighted by molar-refractivity contribution is 0.251. The minimum Gasteiger partial charge on any atom is -0.493 e. The van der Waals surface area contributed by atoms with E-state index in [0.29, 0.717) is 29.8 Å². The molecule has 2 N–H and O–H groups in total. The molecule has 1 aliphatic rings. The number of hydrogen-bond acceptors (Lipinski definition) is 4. The topological polar surface area (TPSA) is 62.8 Å². The Bertz CT molecular complexity index is 736. The lowest BCUT2D eigenvalue weighted by Crippen LogP contribution is -2.41. The SMILES string of the molecule is COc1cccc(NC(=O)NC[C@H]2CCCN2c2ccccc2)c1OC. The normalized spacial score (nSPS) is 16.2. The number of urea groups is 1. The number of hydrogen-bond donors (Lipinski definition) is 2. The number of benzene rings is 2. The molecule has 26 heavy (non-hydrogen) atoms. The van der Waals surface area contributed by atoms with Crippen LogP contribution in [-0.2, 0) is 0 Å². The Morgan fingerprint density at radius 2 is 1.92 bits per heavy atom. The Morgan fingerprint density at radius 1 is 1.12 bits per heavy atom. The van der Waals surface area contributed by atoms with Crippen LogP contribution in [0.2, 0.25) is 0 Å². The fraction of sp³-hybridized carbons (Fsp3) is 0.350. The smallest absolute Gasteiger partial charge is 0.319 e. The first-order valence-corrected chi connectivity index (χ1v) is 8.80. The van der Waals surface area contributed by atoms with Gasteiger partial charge in [0.25, 0.3) is 0 Å². The van der Waals surface area contributed by atoms with E-state index in [9.17, 15) is 4.79 Å². The third-order valence-corrected chi connectivity index (χ3v) is 4.61. The first-order chi connectivity index (χ1) is 12.7. The second-order valence-electron chi connectivity index (χ2n) is 6.20. The number of rotatable bonds is 6. The number of carbonyl (C=O) groups excluding carboxylic acids is 1. The van der Waals surface area contributed by atoms with Gasteiger partial charge in [0, 0.05) is 24.8 Å². The molecule has 0 spiro atoms. The quantitative estimate of drug-likeness (QED) is 0.833. The molecule has 6 nitrogen and oxygen atoms in total. The zero-order valence-electron chi connectivity index (χ0n) is 15.2. The summed E-state index contributed by atoms with van der Waals surface area (Å²) in [7, 11) is 3.12. The van der Waals surface area contributed by atoms with Gasteiger partial charge in [-0.1, -0.05) is 24.3 Å². The summed E-state index contributed by atoms with van der Waals surface area (Å²) in [5.74, 6) is 1.09. The van der Waals surface area contributed by atoms with Crippen molar-refractivity contribution in [1.29, 1.82) is 0 Å². The minimum atomic E-state index is -0.253. The van der Waals surface area contributed by atoms with E-state index in [1.54, 1.807) is 26.4 Å². The maximum atomic E-state index is 12.3. The number of amides is 2. The number of nitrogens with zero attached hydrogens (tertiary/aromatic N) is 1. The Hall–Kier alpha value is -2.89. The molecule has 1 fully saturated rings.